The van der Waals surface area contributed by atoms with Gasteiger partial charge in [-0.25, -0.2) is 0 Å². The van der Waals surface area contributed by atoms with Crippen LogP contribution in [0.1, 0.15) is 30.5 Å². The third-order valence-corrected chi connectivity index (χ3v) is 6.81. The highest BCUT2D eigenvalue weighted by molar-refractivity contribution is 6.50. The molecule has 8 heteroatoms. The molecule has 0 aromatic heterocycles. The molecular weight excluding hydrogens is 436 g/mol. The fourth-order valence-corrected chi connectivity index (χ4v) is 5.38. The molecule has 0 unspecified atom stereocenters. The molecule has 1 N–H and O–H groups in total. The van der Waals surface area contributed by atoms with Crippen molar-refractivity contribution in [2.24, 2.45) is 0 Å². The van der Waals surface area contributed by atoms with Crippen molar-refractivity contribution in [3.63, 3.8) is 0 Å². The average molecular weight is 463 g/mol. The number of carbonyl (C=O) groups is 3. The Labute approximate surface area is 197 Å². The molecule has 2 aromatic rings. The van der Waals surface area contributed by atoms with Crippen LogP contribution in [-0.2, 0) is 31.1 Å². The molecule has 1 fully saturated rings. The van der Waals surface area contributed by atoms with Gasteiger partial charge < -0.3 is 24.4 Å². The summed E-state index contributed by atoms with van der Waals surface area (Å²) in [6.07, 6.45) is 0.668. The number of hydrogen-bond donors (Lipinski definition) is 1. The van der Waals surface area contributed by atoms with E-state index in [0.29, 0.717) is 29.8 Å². The minimum Gasteiger partial charge on any atom is -0.507 e. The number of nitrogens with zero attached hydrogens (tertiary/aromatic N) is 2. The van der Waals surface area contributed by atoms with Crippen LogP contribution in [0.15, 0.2) is 48.0 Å². The number of amides is 2. The van der Waals surface area contributed by atoms with Crippen molar-refractivity contribution in [2.45, 2.75) is 31.9 Å². The summed E-state index contributed by atoms with van der Waals surface area (Å²) in [5, 5.41) is 11.5. The van der Waals surface area contributed by atoms with Crippen molar-refractivity contribution in [1.82, 2.24) is 4.90 Å². The first-order valence-corrected chi connectivity index (χ1v) is 11.4. The summed E-state index contributed by atoms with van der Waals surface area (Å²) in [6, 6.07) is 12.2. The maximum atomic E-state index is 14.0. The summed E-state index contributed by atoms with van der Waals surface area (Å²) in [6.45, 7) is 4.28. The largest absolute Gasteiger partial charge is 0.507 e. The van der Waals surface area contributed by atoms with Crippen molar-refractivity contribution in [2.75, 3.05) is 31.7 Å². The number of para-hydroxylation sites is 1. The van der Waals surface area contributed by atoms with Crippen molar-refractivity contribution < 1.29 is 29.0 Å². The van der Waals surface area contributed by atoms with E-state index in [1.54, 1.807) is 47.4 Å². The Morgan fingerprint density at radius 3 is 2.71 bits per heavy atom. The molecule has 2 aromatic carbocycles. The lowest BCUT2D eigenvalue weighted by Gasteiger charge is -2.34. The summed E-state index contributed by atoms with van der Waals surface area (Å²) >= 11 is 0. The molecule has 3 aliphatic rings. The van der Waals surface area contributed by atoms with Crippen LogP contribution >= 0.6 is 0 Å². The standard InChI is InChI=1S/C26H26N2O6/c1-4-27-19-8-6-5-7-18(19)26(25(27)32)21(23(30)24(31)28(26)11-12-33-3)22(29)16-9-10-20-17(14-16)13-15(2)34-20/h5-10,14-15,29H,4,11-13H2,1-3H3/t15-,26+/m1/s1. The van der Waals surface area contributed by atoms with Gasteiger partial charge in [0.25, 0.3) is 17.6 Å². The van der Waals surface area contributed by atoms with Gasteiger partial charge in [-0.3, -0.25) is 14.4 Å². The van der Waals surface area contributed by atoms with Gasteiger partial charge in [0.1, 0.15) is 17.6 Å². The molecule has 3 aliphatic heterocycles. The van der Waals surface area contributed by atoms with Gasteiger partial charge in [-0.15, -0.1) is 0 Å². The zero-order valence-electron chi connectivity index (χ0n) is 19.3. The van der Waals surface area contributed by atoms with Crippen LogP contribution in [0.4, 0.5) is 5.69 Å². The van der Waals surface area contributed by atoms with Crippen LogP contribution in [0.5, 0.6) is 5.75 Å². The lowest BCUT2D eigenvalue weighted by atomic mass is 9.81. The number of aliphatic hydroxyl groups excluding tert-OH is 1. The van der Waals surface area contributed by atoms with E-state index in [1.807, 2.05) is 13.8 Å². The Morgan fingerprint density at radius 2 is 1.97 bits per heavy atom. The number of Topliss-reactive ketones (excluding diaryl/α,β-unsaturated/α-hetero) is 1. The average Bonchev–Trinajstić information content (AvgIpc) is 3.40. The van der Waals surface area contributed by atoms with Gasteiger partial charge in [0, 0.05) is 37.7 Å². The van der Waals surface area contributed by atoms with E-state index >= 15 is 0 Å². The van der Waals surface area contributed by atoms with Crippen LogP contribution < -0.4 is 9.64 Å². The second kappa shape index (κ2) is 7.99. The number of benzene rings is 2. The minimum atomic E-state index is -1.76. The molecule has 2 amide bonds. The molecular formula is C26H26N2O6. The van der Waals surface area contributed by atoms with Gasteiger partial charge in [-0.1, -0.05) is 18.2 Å². The first-order valence-electron chi connectivity index (χ1n) is 11.4. The van der Waals surface area contributed by atoms with E-state index in [9.17, 15) is 19.5 Å². The highest BCUT2D eigenvalue weighted by Crippen LogP contribution is 2.53. The Hall–Kier alpha value is -3.65. The SMILES string of the molecule is CCN1C(=O)[C@@]2(C(=C(O)c3ccc4c(c3)C[C@@H](C)O4)C(=O)C(=O)N2CCOC)c2ccccc21. The summed E-state index contributed by atoms with van der Waals surface area (Å²) in [5.74, 6) is -1.82. The molecule has 176 valence electrons. The fraction of sp³-hybridized carbons (Fsp3) is 0.346. The van der Waals surface area contributed by atoms with Crippen LogP contribution in [0.2, 0.25) is 0 Å². The zero-order valence-corrected chi connectivity index (χ0v) is 19.3. The van der Waals surface area contributed by atoms with Crippen LogP contribution in [0, 0.1) is 0 Å². The topological polar surface area (TPSA) is 96.4 Å². The molecule has 2 atom stereocenters. The first-order chi connectivity index (χ1) is 16.4. The maximum absolute atomic E-state index is 14.0. The number of ether oxygens (including phenoxy) is 2. The van der Waals surface area contributed by atoms with Crippen LogP contribution in [0.3, 0.4) is 0 Å². The normalized spacial score (nSPS) is 24.7. The lowest BCUT2D eigenvalue weighted by Crippen LogP contribution is -2.52. The fourth-order valence-electron chi connectivity index (χ4n) is 5.38. The van der Waals surface area contributed by atoms with Gasteiger partial charge in [0.05, 0.1) is 17.9 Å². The number of ketones is 1. The van der Waals surface area contributed by atoms with Crippen molar-refractivity contribution in [3.8, 4) is 5.75 Å². The third kappa shape index (κ3) is 2.84. The number of hydrogen-bond acceptors (Lipinski definition) is 6. The quantitative estimate of drug-likeness (QED) is 0.417. The molecule has 1 spiro atoms. The number of fused-ring (bicyclic) bond motifs is 3. The molecule has 3 heterocycles. The number of likely N-dealkylation sites (tertiary alicyclic amines) is 1. The first kappa shape index (κ1) is 22.2. The van der Waals surface area contributed by atoms with E-state index in [2.05, 4.69) is 0 Å². The number of carbonyl (C=O) groups excluding carboxylic acids is 3. The Kier molecular flexibility index (Phi) is 5.20. The predicted molar refractivity (Wildman–Crippen MR) is 125 cm³/mol. The zero-order chi connectivity index (χ0) is 24.2. The maximum Gasteiger partial charge on any atom is 0.296 e. The van der Waals surface area contributed by atoms with E-state index in [1.165, 1.54) is 12.0 Å². The summed E-state index contributed by atoms with van der Waals surface area (Å²) < 4.78 is 10.9. The Morgan fingerprint density at radius 1 is 1.21 bits per heavy atom. The number of likely N-dealkylation sites (N-methyl/N-ethyl adjacent to an activating group) is 1. The van der Waals surface area contributed by atoms with Crippen molar-refractivity contribution in [3.05, 3.63) is 64.7 Å². The van der Waals surface area contributed by atoms with E-state index in [4.69, 9.17) is 9.47 Å². The number of methoxy groups -OCH3 is 1. The van der Waals surface area contributed by atoms with Gasteiger partial charge in [-0.2, -0.15) is 0 Å². The minimum absolute atomic E-state index is 0.00649. The second-order valence-corrected chi connectivity index (χ2v) is 8.73. The smallest absolute Gasteiger partial charge is 0.296 e. The molecule has 0 saturated carbocycles. The molecule has 34 heavy (non-hydrogen) atoms. The summed E-state index contributed by atoms with van der Waals surface area (Å²) in [5.41, 5.74) is 0.395. The molecule has 1 saturated heterocycles. The van der Waals surface area contributed by atoms with Gasteiger partial charge in [0.2, 0.25) is 0 Å². The number of aliphatic hydroxyl groups is 1. The molecule has 0 aliphatic carbocycles. The van der Waals surface area contributed by atoms with Gasteiger partial charge in [0.15, 0.2) is 5.54 Å². The van der Waals surface area contributed by atoms with Crippen LogP contribution in [0.25, 0.3) is 5.76 Å². The molecule has 0 radical (unpaired) electrons. The number of anilines is 1. The van der Waals surface area contributed by atoms with Crippen LogP contribution in [-0.4, -0.2) is 60.5 Å². The monoisotopic (exact) mass is 462 g/mol. The van der Waals surface area contributed by atoms with Crippen molar-refractivity contribution in [1.29, 1.82) is 0 Å². The van der Waals surface area contributed by atoms with Gasteiger partial charge >= 0.3 is 0 Å². The second-order valence-electron chi connectivity index (χ2n) is 8.73. The molecule has 0 bridgehead atoms. The van der Waals surface area contributed by atoms with E-state index < -0.39 is 23.1 Å². The van der Waals surface area contributed by atoms with E-state index in [0.717, 1.165) is 11.3 Å². The van der Waals surface area contributed by atoms with Crippen molar-refractivity contribution >= 4 is 29.0 Å². The predicted octanol–water partition coefficient (Wildman–Crippen LogP) is 2.60. The molecule has 8 nitrogen and oxygen atoms in total. The highest BCUT2D eigenvalue weighted by Gasteiger charge is 2.66. The summed E-state index contributed by atoms with van der Waals surface area (Å²) in [4.78, 5) is 43.6. The highest BCUT2D eigenvalue weighted by atomic mass is 16.5. The Balaban J connectivity index is 1.78. The van der Waals surface area contributed by atoms with Gasteiger partial charge in [-0.05, 0) is 43.7 Å². The summed E-state index contributed by atoms with van der Waals surface area (Å²) in [7, 11) is 1.49. The van der Waals surface area contributed by atoms with E-state index in [-0.39, 0.29) is 30.6 Å². The third-order valence-electron chi connectivity index (χ3n) is 6.81. The lowest BCUT2D eigenvalue weighted by molar-refractivity contribution is -0.144. The number of rotatable bonds is 5. The molecule has 5 rings (SSSR count). The Bertz CT molecular complexity index is 1250.